The number of rotatable bonds is 4. The van der Waals surface area contributed by atoms with E-state index in [1.807, 2.05) is 6.92 Å². The molecule has 0 amide bonds. The van der Waals surface area contributed by atoms with Crippen LogP contribution in [0.25, 0.3) is 0 Å². The molecule has 0 aliphatic rings. The van der Waals surface area contributed by atoms with Crippen molar-refractivity contribution in [2.75, 3.05) is 4.72 Å². The normalized spacial score (nSPS) is 11.6. The van der Waals surface area contributed by atoms with Crippen molar-refractivity contribution in [2.45, 2.75) is 32.2 Å². The van der Waals surface area contributed by atoms with Crippen molar-refractivity contribution < 1.29 is 12.8 Å². The Hall–Kier alpha value is -1.89. The molecule has 0 saturated heterocycles. The van der Waals surface area contributed by atoms with Gasteiger partial charge in [-0.15, -0.1) is 0 Å². The molecule has 1 aromatic heterocycles. The van der Waals surface area contributed by atoms with Gasteiger partial charge in [0, 0.05) is 12.7 Å². The first-order valence-corrected chi connectivity index (χ1v) is 7.65. The van der Waals surface area contributed by atoms with Crippen LogP contribution in [0.5, 0.6) is 0 Å². The number of aryl methyl sites for hydroxylation is 3. The number of nitrogens with zero attached hydrogens (tertiary/aromatic N) is 2. The van der Waals surface area contributed by atoms with Crippen molar-refractivity contribution in [2.24, 2.45) is 0 Å². The minimum atomic E-state index is -3.72. The lowest BCUT2D eigenvalue weighted by atomic mass is 10.2. The van der Waals surface area contributed by atoms with E-state index in [0.717, 1.165) is 0 Å². The first kappa shape index (κ1) is 14.5. The highest BCUT2D eigenvalue weighted by Crippen LogP contribution is 2.21. The molecule has 0 aliphatic carbocycles. The highest BCUT2D eigenvalue weighted by Gasteiger charge is 2.21. The van der Waals surface area contributed by atoms with Crippen molar-refractivity contribution in [1.82, 2.24) is 9.78 Å². The second kappa shape index (κ2) is 5.24. The quantitative estimate of drug-likeness (QED) is 0.943. The Bertz CT molecular complexity index is 738. The van der Waals surface area contributed by atoms with Crippen LogP contribution in [0.3, 0.4) is 0 Å². The van der Waals surface area contributed by atoms with E-state index in [0.29, 0.717) is 23.5 Å². The van der Waals surface area contributed by atoms with Crippen molar-refractivity contribution in [1.29, 1.82) is 0 Å². The average molecular weight is 297 g/mol. The van der Waals surface area contributed by atoms with Gasteiger partial charge in [0.2, 0.25) is 0 Å². The summed E-state index contributed by atoms with van der Waals surface area (Å²) in [6, 6.07) is 3.90. The summed E-state index contributed by atoms with van der Waals surface area (Å²) in [5, 5.41) is 4.11. The van der Waals surface area contributed by atoms with Crippen LogP contribution in [0, 0.1) is 19.7 Å². The van der Waals surface area contributed by atoms with Crippen LogP contribution in [0.4, 0.5) is 10.1 Å². The topological polar surface area (TPSA) is 64.0 Å². The number of halogens is 1. The molecule has 1 heterocycles. The highest BCUT2D eigenvalue weighted by molar-refractivity contribution is 7.92. The van der Waals surface area contributed by atoms with Crippen molar-refractivity contribution in [3.05, 3.63) is 41.5 Å². The van der Waals surface area contributed by atoms with Crippen LogP contribution < -0.4 is 4.72 Å². The number of aromatic nitrogens is 2. The second-order valence-corrected chi connectivity index (χ2v) is 6.15. The van der Waals surface area contributed by atoms with E-state index >= 15 is 0 Å². The number of hydrogen-bond donors (Lipinski definition) is 1. The third-order valence-corrected chi connectivity index (χ3v) is 4.42. The Balaban J connectivity index is 2.38. The first-order chi connectivity index (χ1) is 9.33. The molecule has 1 N–H and O–H groups in total. The Morgan fingerprint density at radius 1 is 1.35 bits per heavy atom. The van der Waals surface area contributed by atoms with E-state index in [1.165, 1.54) is 24.4 Å². The van der Waals surface area contributed by atoms with Gasteiger partial charge in [-0.25, -0.2) is 12.8 Å². The fourth-order valence-corrected chi connectivity index (χ4v) is 3.19. The fourth-order valence-electron chi connectivity index (χ4n) is 1.87. The van der Waals surface area contributed by atoms with E-state index < -0.39 is 15.8 Å². The van der Waals surface area contributed by atoms with Gasteiger partial charge in [0.1, 0.15) is 10.7 Å². The maximum Gasteiger partial charge on any atom is 0.265 e. The molecule has 0 unspecified atom stereocenters. The van der Waals surface area contributed by atoms with E-state index in [1.54, 1.807) is 18.5 Å². The minimum Gasteiger partial charge on any atom is -0.279 e. The molecule has 20 heavy (non-hydrogen) atoms. The second-order valence-electron chi connectivity index (χ2n) is 4.50. The summed E-state index contributed by atoms with van der Waals surface area (Å²) < 4.78 is 41.7. The van der Waals surface area contributed by atoms with Gasteiger partial charge >= 0.3 is 0 Å². The van der Waals surface area contributed by atoms with Gasteiger partial charge < -0.3 is 0 Å². The first-order valence-electron chi connectivity index (χ1n) is 6.16. The zero-order chi connectivity index (χ0) is 14.9. The van der Waals surface area contributed by atoms with Gasteiger partial charge in [-0.05, 0) is 44.5 Å². The van der Waals surface area contributed by atoms with E-state index in [4.69, 9.17) is 0 Å². The molecule has 0 spiro atoms. The molecule has 0 aliphatic heterocycles. The predicted molar refractivity (Wildman–Crippen MR) is 74.6 cm³/mol. The molecule has 0 radical (unpaired) electrons. The third-order valence-electron chi connectivity index (χ3n) is 2.95. The summed E-state index contributed by atoms with van der Waals surface area (Å²) in [5.74, 6) is -0.402. The van der Waals surface area contributed by atoms with E-state index in [-0.39, 0.29) is 4.90 Å². The zero-order valence-electron chi connectivity index (χ0n) is 11.5. The Morgan fingerprint density at radius 3 is 2.60 bits per heavy atom. The molecule has 108 valence electrons. The van der Waals surface area contributed by atoms with Crippen molar-refractivity contribution in [3.63, 3.8) is 0 Å². The maximum atomic E-state index is 13.0. The largest absolute Gasteiger partial charge is 0.279 e. The predicted octanol–water partition coefficient (Wildman–Crippen LogP) is 2.46. The summed E-state index contributed by atoms with van der Waals surface area (Å²) in [6.45, 7) is 5.74. The van der Waals surface area contributed by atoms with Crippen LogP contribution >= 0.6 is 0 Å². The van der Waals surface area contributed by atoms with E-state index in [2.05, 4.69) is 9.82 Å². The molecule has 7 heteroatoms. The smallest absolute Gasteiger partial charge is 0.265 e. The van der Waals surface area contributed by atoms with Crippen LogP contribution in [-0.4, -0.2) is 18.2 Å². The summed E-state index contributed by atoms with van der Waals surface area (Å²) in [4.78, 5) is 0.128. The van der Waals surface area contributed by atoms with E-state index in [9.17, 15) is 12.8 Å². The lowest BCUT2D eigenvalue weighted by Crippen LogP contribution is -2.14. The lowest BCUT2D eigenvalue weighted by Gasteiger charge is -2.09. The zero-order valence-corrected chi connectivity index (χ0v) is 12.3. The fraction of sp³-hybridized carbons (Fsp3) is 0.308. The molecule has 0 fully saturated rings. The van der Waals surface area contributed by atoms with Crippen LogP contribution in [-0.2, 0) is 16.6 Å². The monoisotopic (exact) mass is 297 g/mol. The Morgan fingerprint density at radius 2 is 2.05 bits per heavy atom. The third kappa shape index (κ3) is 2.82. The average Bonchev–Trinajstić information content (AvgIpc) is 2.75. The van der Waals surface area contributed by atoms with Crippen LogP contribution in [0.1, 0.15) is 18.2 Å². The molecule has 0 atom stereocenters. The number of nitrogens with one attached hydrogen (secondary N) is 1. The molecule has 0 saturated carbocycles. The number of sulfonamides is 1. The van der Waals surface area contributed by atoms with Crippen LogP contribution in [0.2, 0.25) is 0 Å². The van der Waals surface area contributed by atoms with Gasteiger partial charge in [-0.3, -0.25) is 9.40 Å². The highest BCUT2D eigenvalue weighted by atomic mass is 32.2. The minimum absolute atomic E-state index is 0.128. The van der Waals surface area contributed by atoms with Gasteiger partial charge in [0.15, 0.2) is 0 Å². The molecule has 1 aromatic carbocycles. The Kier molecular flexibility index (Phi) is 3.80. The van der Waals surface area contributed by atoms with Crippen molar-refractivity contribution >= 4 is 15.7 Å². The summed E-state index contributed by atoms with van der Waals surface area (Å²) in [7, 11) is -3.72. The number of anilines is 1. The van der Waals surface area contributed by atoms with Crippen LogP contribution in [0.15, 0.2) is 29.3 Å². The number of benzene rings is 1. The lowest BCUT2D eigenvalue weighted by molar-refractivity contribution is 0.600. The maximum absolute atomic E-state index is 13.0. The molecular formula is C13H16FN3O2S. The molecule has 5 nitrogen and oxygen atoms in total. The van der Waals surface area contributed by atoms with Crippen molar-refractivity contribution in [3.8, 4) is 0 Å². The molecular weight excluding hydrogens is 281 g/mol. The standard InChI is InChI=1S/C13H16FN3O2S/c1-4-17-8-13(10(3)15-17)20(18,19)16-12-6-5-11(14)7-9(12)2/h5-8,16H,4H2,1-3H3. The summed E-state index contributed by atoms with van der Waals surface area (Å²) in [6.07, 6.45) is 1.48. The SMILES string of the molecule is CCn1cc(S(=O)(=O)Nc2ccc(F)cc2C)c(C)n1. The summed E-state index contributed by atoms with van der Waals surface area (Å²) >= 11 is 0. The summed E-state index contributed by atoms with van der Waals surface area (Å²) in [5.41, 5.74) is 1.31. The van der Waals surface area contributed by atoms with Gasteiger partial charge in [0.25, 0.3) is 10.0 Å². The van der Waals surface area contributed by atoms with Gasteiger partial charge in [0.05, 0.1) is 11.4 Å². The van der Waals surface area contributed by atoms with Gasteiger partial charge in [-0.2, -0.15) is 5.10 Å². The molecule has 2 aromatic rings. The van der Waals surface area contributed by atoms with Gasteiger partial charge in [-0.1, -0.05) is 0 Å². The molecule has 0 bridgehead atoms. The molecule has 2 rings (SSSR count). The number of hydrogen-bond acceptors (Lipinski definition) is 3. The Labute approximate surface area is 117 Å².